The topological polar surface area (TPSA) is 97.5 Å². The smallest absolute Gasteiger partial charge is 0.245 e. The van der Waals surface area contributed by atoms with Crippen molar-refractivity contribution in [1.29, 1.82) is 0 Å². The van der Waals surface area contributed by atoms with Crippen molar-refractivity contribution in [3.05, 3.63) is 35.8 Å². The highest BCUT2D eigenvalue weighted by molar-refractivity contribution is 5.90. The van der Waals surface area contributed by atoms with Gasteiger partial charge in [0.15, 0.2) is 0 Å². The lowest BCUT2D eigenvalue weighted by molar-refractivity contribution is -0.137. The molecule has 32 heavy (non-hydrogen) atoms. The van der Waals surface area contributed by atoms with Crippen molar-refractivity contribution >= 4 is 28.6 Å². The molecule has 0 radical (unpaired) electrons. The number of carbonyl (C=O) groups excluding carboxylic acids is 3. The Labute approximate surface area is 186 Å². The van der Waals surface area contributed by atoms with E-state index < -0.39 is 12.1 Å². The quantitative estimate of drug-likeness (QED) is 0.650. The summed E-state index contributed by atoms with van der Waals surface area (Å²) in [6.07, 6.45) is 2.55. The maximum absolute atomic E-state index is 13.7. The fourth-order valence-corrected chi connectivity index (χ4v) is 5.19. The van der Waals surface area contributed by atoms with E-state index in [0.29, 0.717) is 25.0 Å². The molecule has 4 rings (SSSR count). The van der Waals surface area contributed by atoms with E-state index >= 15 is 0 Å². The highest BCUT2D eigenvalue weighted by Crippen LogP contribution is 2.43. The number of nitrogens with zero attached hydrogens (tertiary/aromatic N) is 2. The zero-order valence-electron chi connectivity index (χ0n) is 18.8. The predicted octanol–water partition coefficient (Wildman–Crippen LogP) is 1.33. The van der Waals surface area contributed by atoms with E-state index in [1.165, 1.54) is 12.1 Å². The van der Waals surface area contributed by atoms with Crippen LogP contribution in [0.15, 0.2) is 24.4 Å². The second kappa shape index (κ2) is 8.54. The van der Waals surface area contributed by atoms with E-state index in [0.717, 1.165) is 10.9 Å². The van der Waals surface area contributed by atoms with Gasteiger partial charge in [-0.05, 0) is 51.1 Å². The van der Waals surface area contributed by atoms with Gasteiger partial charge in [-0.3, -0.25) is 14.4 Å². The molecule has 0 bridgehead atoms. The van der Waals surface area contributed by atoms with E-state index in [4.69, 9.17) is 0 Å². The summed E-state index contributed by atoms with van der Waals surface area (Å²) in [6, 6.07) is 3.25. The lowest BCUT2D eigenvalue weighted by Crippen LogP contribution is -2.53. The summed E-state index contributed by atoms with van der Waals surface area (Å²) in [5.41, 5.74) is 1.66. The number of rotatable bonds is 5. The first-order valence-corrected chi connectivity index (χ1v) is 11.0. The third-order valence-corrected chi connectivity index (χ3v) is 6.94. The Morgan fingerprint density at radius 3 is 2.62 bits per heavy atom. The van der Waals surface area contributed by atoms with Gasteiger partial charge >= 0.3 is 0 Å². The van der Waals surface area contributed by atoms with E-state index in [9.17, 15) is 18.8 Å². The molecule has 172 valence electrons. The number of hydrogen-bond donors (Lipinski definition) is 3. The molecule has 9 heteroatoms. The minimum Gasteiger partial charge on any atom is -0.361 e. The summed E-state index contributed by atoms with van der Waals surface area (Å²) < 4.78 is 13.7. The van der Waals surface area contributed by atoms with E-state index in [1.54, 1.807) is 33.9 Å². The van der Waals surface area contributed by atoms with Crippen molar-refractivity contribution in [3.63, 3.8) is 0 Å². The van der Waals surface area contributed by atoms with Crippen LogP contribution in [0.25, 0.3) is 10.9 Å². The van der Waals surface area contributed by atoms with Crippen LogP contribution < -0.4 is 10.6 Å². The van der Waals surface area contributed by atoms with Crippen molar-refractivity contribution in [2.24, 2.45) is 0 Å². The number of likely N-dealkylation sites (N-methyl/N-ethyl adjacent to an activating group) is 1. The minimum atomic E-state index is -0.679. The number of amides is 3. The van der Waals surface area contributed by atoms with Crippen LogP contribution in [0.5, 0.6) is 0 Å². The molecule has 1 aromatic heterocycles. The van der Waals surface area contributed by atoms with Crippen LogP contribution in [0, 0.1) is 5.82 Å². The van der Waals surface area contributed by atoms with Crippen molar-refractivity contribution in [2.75, 3.05) is 20.1 Å². The van der Waals surface area contributed by atoms with Gasteiger partial charge in [-0.15, -0.1) is 0 Å². The van der Waals surface area contributed by atoms with E-state index in [-0.39, 0.29) is 41.5 Å². The van der Waals surface area contributed by atoms with Gasteiger partial charge in [0.1, 0.15) is 11.9 Å². The summed E-state index contributed by atoms with van der Waals surface area (Å²) in [6.45, 7) is 5.99. The molecule has 1 aromatic carbocycles. The number of fused-ring (bicyclic) bond motifs is 2. The number of likely N-dealkylation sites (tertiary alicyclic amines) is 2. The average molecular weight is 444 g/mol. The number of benzene rings is 1. The van der Waals surface area contributed by atoms with Gasteiger partial charge in [0.25, 0.3) is 0 Å². The van der Waals surface area contributed by atoms with Gasteiger partial charge < -0.3 is 25.4 Å². The Morgan fingerprint density at radius 2 is 1.94 bits per heavy atom. The van der Waals surface area contributed by atoms with Gasteiger partial charge in [0, 0.05) is 43.0 Å². The normalized spacial score (nSPS) is 24.5. The average Bonchev–Trinajstić information content (AvgIpc) is 3.45. The molecule has 2 saturated heterocycles. The van der Waals surface area contributed by atoms with Crippen LogP contribution in [-0.2, 0) is 14.4 Å². The van der Waals surface area contributed by atoms with E-state index in [1.807, 2.05) is 16.0 Å². The molecule has 2 fully saturated rings. The Morgan fingerprint density at radius 1 is 1.19 bits per heavy atom. The Bertz CT molecular complexity index is 1050. The molecule has 0 saturated carbocycles. The van der Waals surface area contributed by atoms with Crippen molar-refractivity contribution < 1.29 is 18.8 Å². The molecule has 2 aliphatic heterocycles. The first-order chi connectivity index (χ1) is 15.2. The minimum absolute atomic E-state index is 0.0214. The van der Waals surface area contributed by atoms with Crippen LogP contribution >= 0.6 is 0 Å². The van der Waals surface area contributed by atoms with Gasteiger partial charge in [0.2, 0.25) is 17.7 Å². The van der Waals surface area contributed by atoms with Crippen molar-refractivity contribution in [1.82, 2.24) is 25.4 Å². The zero-order valence-corrected chi connectivity index (χ0v) is 18.8. The molecule has 2 aromatic rings. The third-order valence-electron chi connectivity index (χ3n) is 6.94. The standard InChI is InChI=1S/C23H30FN5O3/c1-12(25-4)22(31)27-13(2)23(32)28-8-7-20-21(28)18(11-29(20)14(3)30)17-10-26-19-9-15(24)5-6-16(17)19/h5-6,9-10,12-13,18,20-21,25-26H,7-8,11H2,1-4H3,(H,27,31)/t12-,13?,18+,20+,21+/m0/s1. The Hall–Kier alpha value is -2.94. The molecule has 3 amide bonds. The second-order valence-electron chi connectivity index (χ2n) is 8.83. The number of aromatic amines is 1. The fourth-order valence-electron chi connectivity index (χ4n) is 5.19. The van der Waals surface area contributed by atoms with E-state index in [2.05, 4.69) is 15.6 Å². The number of H-pyrrole nitrogens is 1. The zero-order chi connectivity index (χ0) is 23.2. The largest absolute Gasteiger partial charge is 0.361 e. The number of carbonyl (C=O) groups is 3. The molecule has 0 spiro atoms. The van der Waals surface area contributed by atoms with Gasteiger partial charge in [-0.1, -0.05) is 0 Å². The number of nitrogens with one attached hydrogen (secondary N) is 3. The molecular weight excluding hydrogens is 413 g/mol. The molecule has 2 aliphatic rings. The summed E-state index contributed by atoms with van der Waals surface area (Å²) in [5.74, 6) is -0.842. The summed E-state index contributed by atoms with van der Waals surface area (Å²) in [7, 11) is 1.69. The maximum Gasteiger partial charge on any atom is 0.245 e. The lowest BCUT2D eigenvalue weighted by Gasteiger charge is -2.31. The molecule has 5 atom stereocenters. The first-order valence-electron chi connectivity index (χ1n) is 11.0. The highest BCUT2D eigenvalue weighted by atomic mass is 19.1. The van der Waals surface area contributed by atoms with Crippen LogP contribution in [0.2, 0.25) is 0 Å². The number of halogens is 1. The Kier molecular flexibility index (Phi) is 5.94. The predicted molar refractivity (Wildman–Crippen MR) is 118 cm³/mol. The van der Waals surface area contributed by atoms with Crippen molar-refractivity contribution in [2.45, 2.75) is 57.3 Å². The lowest BCUT2D eigenvalue weighted by atomic mass is 9.91. The SMILES string of the molecule is CN[C@@H](C)C(=O)NC(C)C(=O)N1CC[C@@H]2[C@H]1[C@@H](c1c[nH]c3cc(F)ccc13)CN2C(C)=O. The Balaban J connectivity index is 1.64. The van der Waals surface area contributed by atoms with Crippen LogP contribution in [0.3, 0.4) is 0 Å². The molecule has 0 aliphatic carbocycles. The maximum atomic E-state index is 13.7. The van der Waals surface area contributed by atoms with Crippen LogP contribution in [-0.4, -0.2) is 76.8 Å². The molecule has 3 heterocycles. The van der Waals surface area contributed by atoms with Gasteiger partial charge in [0.05, 0.1) is 18.1 Å². The highest BCUT2D eigenvalue weighted by Gasteiger charge is 2.52. The fraction of sp³-hybridized carbons (Fsp3) is 0.522. The van der Waals surface area contributed by atoms with Crippen LogP contribution in [0.4, 0.5) is 4.39 Å². The number of aromatic nitrogens is 1. The monoisotopic (exact) mass is 443 g/mol. The molecule has 8 nitrogen and oxygen atoms in total. The number of hydrogen-bond acceptors (Lipinski definition) is 4. The molecule has 1 unspecified atom stereocenters. The first kappa shape index (κ1) is 22.3. The van der Waals surface area contributed by atoms with Crippen molar-refractivity contribution in [3.8, 4) is 0 Å². The molecular formula is C23H30FN5O3. The van der Waals surface area contributed by atoms with Gasteiger partial charge in [-0.25, -0.2) is 4.39 Å². The van der Waals surface area contributed by atoms with Gasteiger partial charge in [-0.2, -0.15) is 0 Å². The summed E-state index contributed by atoms with van der Waals surface area (Å²) >= 11 is 0. The summed E-state index contributed by atoms with van der Waals surface area (Å²) in [4.78, 5) is 44.8. The second-order valence-corrected chi connectivity index (χ2v) is 8.83. The summed E-state index contributed by atoms with van der Waals surface area (Å²) in [5, 5.41) is 6.55. The van der Waals surface area contributed by atoms with Crippen LogP contribution in [0.1, 0.15) is 38.7 Å². The molecule has 3 N–H and O–H groups in total. The third kappa shape index (κ3) is 3.74.